The van der Waals surface area contributed by atoms with Crippen LogP contribution < -0.4 is 0 Å². The van der Waals surface area contributed by atoms with Crippen molar-refractivity contribution in [1.82, 2.24) is 19.1 Å². The number of nitrogens with zero attached hydrogens (tertiary/aromatic N) is 4. The van der Waals surface area contributed by atoms with Crippen molar-refractivity contribution in [3.8, 4) is 56.3 Å². The molecule has 13 aromatic rings. The van der Waals surface area contributed by atoms with Crippen molar-refractivity contribution >= 4 is 65.7 Å². The Bertz CT molecular complexity index is 3890. The van der Waals surface area contributed by atoms with Gasteiger partial charge in [-0.3, -0.25) is 0 Å². The van der Waals surface area contributed by atoms with Gasteiger partial charge in [0.15, 0.2) is 5.82 Å². The number of hydrogen-bond donors (Lipinski definition) is 0. The van der Waals surface area contributed by atoms with Gasteiger partial charge in [-0.25, -0.2) is 9.97 Å². The summed E-state index contributed by atoms with van der Waals surface area (Å²) in [5.74, 6) is 0.691. The third-order valence-electron chi connectivity index (χ3n) is 12.5. The molecule has 0 aliphatic carbocycles. The Morgan fingerprint density at radius 3 is 1.65 bits per heavy atom. The number of furan rings is 1. The second kappa shape index (κ2) is 14.0. The van der Waals surface area contributed by atoms with E-state index in [9.17, 15) is 0 Å². The van der Waals surface area contributed by atoms with E-state index in [1.54, 1.807) is 0 Å². The molecule has 4 heterocycles. The molecule has 63 heavy (non-hydrogen) atoms. The van der Waals surface area contributed by atoms with Gasteiger partial charge >= 0.3 is 0 Å². The molecule has 0 amide bonds. The van der Waals surface area contributed by atoms with Crippen molar-refractivity contribution in [3.05, 3.63) is 218 Å². The second-order valence-corrected chi connectivity index (χ2v) is 16.1. The summed E-state index contributed by atoms with van der Waals surface area (Å²) in [7, 11) is 0. The van der Waals surface area contributed by atoms with E-state index in [-0.39, 0.29) is 0 Å². The lowest BCUT2D eigenvalue weighted by Crippen LogP contribution is -1.99. The molecule has 0 bridgehead atoms. The van der Waals surface area contributed by atoms with E-state index in [2.05, 4.69) is 203 Å². The first-order valence-electron chi connectivity index (χ1n) is 21.3. The molecule has 0 N–H and O–H groups in total. The summed E-state index contributed by atoms with van der Waals surface area (Å²) in [6.45, 7) is 0. The van der Waals surface area contributed by atoms with Gasteiger partial charge in [0, 0.05) is 55.0 Å². The predicted octanol–water partition coefficient (Wildman–Crippen LogP) is 15.2. The Morgan fingerprint density at radius 1 is 0.349 bits per heavy atom. The molecule has 0 radical (unpaired) electrons. The molecule has 0 saturated carbocycles. The molecule has 0 spiro atoms. The van der Waals surface area contributed by atoms with Gasteiger partial charge in [-0.2, -0.15) is 0 Å². The standard InChI is InChI=1S/C58H36N4O/c1-5-16-37(17-6-1)54-56-55(60-58(59-54)38-18-7-2-8-19-38)49-36-41(29-32-52(49)62(56)43-22-11-4-12-23-43)44-25-15-26-46-48-35-40(30-33-53(48)63-57(44)46)39-28-31-51-47(34-39)45-24-13-14-27-50(45)61(51)42-20-9-3-10-21-42/h1-36H. The summed E-state index contributed by atoms with van der Waals surface area (Å²) in [6.07, 6.45) is 0. The highest BCUT2D eigenvalue weighted by Gasteiger charge is 2.23. The molecule has 13 rings (SSSR count). The SMILES string of the molecule is c1ccc(-c2nc(-c3ccccc3)c3c(n2)c2cc(-c4cccc5c4oc4ccc(-c6ccc7c(c6)c6ccccc6n7-c6ccccc6)cc45)ccc2n3-c2ccccc2)cc1. The Morgan fingerprint density at radius 2 is 0.905 bits per heavy atom. The molecular weight excluding hydrogens is 769 g/mol. The Kier molecular flexibility index (Phi) is 7.84. The van der Waals surface area contributed by atoms with Crippen LogP contribution in [0.5, 0.6) is 0 Å². The largest absolute Gasteiger partial charge is 0.455 e. The molecule has 0 atom stereocenters. The van der Waals surface area contributed by atoms with Crippen LogP contribution in [0.25, 0.3) is 122 Å². The average Bonchev–Trinajstić information content (AvgIpc) is 4.02. The monoisotopic (exact) mass is 804 g/mol. The molecular formula is C58H36N4O. The van der Waals surface area contributed by atoms with Crippen LogP contribution in [0.2, 0.25) is 0 Å². The van der Waals surface area contributed by atoms with Crippen molar-refractivity contribution in [3.63, 3.8) is 0 Å². The number of aromatic nitrogens is 4. The van der Waals surface area contributed by atoms with Gasteiger partial charge in [-0.15, -0.1) is 0 Å². The molecule has 9 aromatic carbocycles. The van der Waals surface area contributed by atoms with Crippen molar-refractivity contribution < 1.29 is 4.42 Å². The maximum atomic E-state index is 6.80. The van der Waals surface area contributed by atoms with Crippen LogP contribution in [-0.4, -0.2) is 19.1 Å². The van der Waals surface area contributed by atoms with Crippen LogP contribution in [0, 0.1) is 0 Å². The van der Waals surface area contributed by atoms with Crippen molar-refractivity contribution in [2.45, 2.75) is 0 Å². The number of rotatable bonds is 6. The molecule has 5 nitrogen and oxygen atoms in total. The van der Waals surface area contributed by atoms with Crippen molar-refractivity contribution in [2.75, 3.05) is 0 Å². The zero-order valence-electron chi connectivity index (χ0n) is 34.0. The van der Waals surface area contributed by atoms with Gasteiger partial charge < -0.3 is 13.6 Å². The van der Waals surface area contributed by atoms with Gasteiger partial charge in [0.2, 0.25) is 0 Å². The van der Waals surface area contributed by atoms with E-state index >= 15 is 0 Å². The fraction of sp³-hybridized carbons (Fsp3) is 0. The lowest BCUT2D eigenvalue weighted by molar-refractivity contribution is 0.670. The maximum absolute atomic E-state index is 6.80. The minimum Gasteiger partial charge on any atom is -0.455 e. The lowest BCUT2D eigenvalue weighted by Gasteiger charge is -2.12. The van der Waals surface area contributed by atoms with E-state index in [1.165, 1.54) is 21.8 Å². The Balaban J connectivity index is 0.989. The zero-order valence-corrected chi connectivity index (χ0v) is 34.0. The summed E-state index contributed by atoms with van der Waals surface area (Å²) in [4.78, 5) is 10.7. The van der Waals surface area contributed by atoms with E-state index in [4.69, 9.17) is 14.4 Å². The Labute approximate surface area is 362 Å². The molecule has 294 valence electrons. The second-order valence-electron chi connectivity index (χ2n) is 16.1. The Hall–Kier alpha value is -8.54. The first kappa shape index (κ1) is 35.2. The van der Waals surface area contributed by atoms with E-state index in [0.717, 1.165) is 94.3 Å². The highest BCUT2D eigenvalue weighted by Crippen LogP contribution is 2.43. The number of hydrogen-bond acceptors (Lipinski definition) is 3. The highest BCUT2D eigenvalue weighted by atomic mass is 16.3. The van der Waals surface area contributed by atoms with Gasteiger partial charge in [0.05, 0.1) is 27.8 Å². The van der Waals surface area contributed by atoms with E-state index in [1.807, 2.05) is 24.3 Å². The van der Waals surface area contributed by atoms with Crippen LogP contribution >= 0.6 is 0 Å². The molecule has 0 saturated heterocycles. The summed E-state index contributed by atoms with van der Waals surface area (Å²) in [5, 5.41) is 5.68. The first-order chi connectivity index (χ1) is 31.2. The molecule has 0 aliphatic heterocycles. The first-order valence-corrected chi connectivity index (χ1v) is 21.3. The molecule has 4 aromatic heterocycles. The third-order valence-corrected chi connectivity index (χ3v) is 12.5. The number of para-hydroxylation sites is 4. The van der Waals surface area contributed by atoms with Gasteiger partial charge in [-0.1, -0.05) is 152 Å². The minimum absolute atomic E-state index is 0.691. The van der Waals surface area contributed by atoms with Gasteiger partial charge in [-0.05, 0) is 83.4 Å². The van der Waals surface area contributed by atoms with Crippen LogP contribution in [-0.2, 0) is 0 Å². The molecule has 0 unspecified atom stereocenters. The van der Waals surface area contributed by atoms with Crippen LogP contribution in [0.3, 0.4) is 0 Å². The fourth-order valence-corrected chi connectivity index (χ4v) is 9.64. The normalized spacial score (nSPS) is 11.8. The number of fused-ring (bicyclic) bond motifs is 9. The van der Waals surface area contributed by atoms with Crippen LogP contribution in [0.4, 0.5) is 0 Å². The zero-order chi connectivity index (χ0) is 41.4. The summed E-state index contributed by atoms with van der Waals surface area (Å²) in [5.41, 5.74) is 16.5. The smallest absolute Gasteiger partial charge is 0.160 e. The van der Waals surface area contributed by atoms with Crippen LogP contribution in [0.1, 0.15) is 0 Å². The average molecular weight is 805 g/mol. The van der Waals surface area contributed by atoms with Gasteiger partial charge in [0.1, 0.15) is 16.7 Å². The summed E-state index contributed by atoms with van der Waals surface area (Å²) in [6, 6.07) is 77.1. The third kappa shape index (κ3) is 5.57. The van der Waals surface area contributed by atoms with Crippen molar-refractivity contribution in [1.29, 1.82) is 0 Å². The predicted molar refractivity (Wildman–Crippen MR) is 260 cm³/mol. The molecule has 5 heteroatoms. The number of benzene rings is 9. The summed E-state index contributed by atoms with van der Waals surface area (Å²) < 4.78 is 11.5. The van der Waals surface area contributed by atoms with E-state index in [0.29, 0.717) is 5.82 Å². The highest BCUT2D eigenvalue weighted by molar-refractivity contribution is 6.15. The quantitative estimate of drug-likeness (QED) is 0.168. The maximum Gasteiger partial charge on any atom is 0.160 e. The fourth-order valence-electron chi connectivity index (χ4n) is 9.64. The summed E-state index contributed by atoms with van der Waals surface area (Å²) >= 11 is 0. The topological polar surface area (TPSA) is 48.8 Å². The molecule has 0 aliphatic rings. The van der Waals surface area contributed by atoms with E-state index < -0.39 is 0 Å². The molecule has 0 fully saturated rings. The lowest BCUT2D eigenvalue weighted by atomic mass is 9.98. The minimum atomic E-state index is 0.691. The van der Waals surface area contributed by atoms with Crippen molar-refractivity contribution in [2.24, 2.45) is 0 Å². The van der Waals surface area contributed by atoms with Crippen LogP contribution in [0.15, 0.2) is 223 Å². The van der Waals surface area contributed by atoms with Gasteiger partial charge in [0.25, 0.3) is 0 Å².